The zero-order chi connectivity index (χ0) is 12.4. The average Bonchev–Trinajstić information content (AvgIpc) is 2.62. The molecule has 1 aromatic heterocycles. The zero-order valence-corrected chi connectivity index (χ0v) is 12.1. The number of hydrogen-bond acceptors (Lipinski definition) is 3. The molecule has 1 aromatic carbocycles. The fraction of sp³-hybridized carbons (Fsp3) is 0.182. The van der Waals surface area contributed by atoms with Crippen LogP contribution < -0.4 is 11.3 Å². The van der Waals surface area contributed by atoms with Crippen LogP contribution in [-0.2, 0) is 7.05 Å². The predicted molar refractivity (Wildman–Crippen MR) is 76.5 cm³/mol. The van der Waals surface area contributed by atoms with Gasteiger partial charge in [-0.25, -0.2) is 5.43 Å². The van der Waals surface area contributed by atoms with E-state index in [9.17, 15) is 0 Å². The second kappa shape index (κ2) is 5.34. The van der Waals surface area contributed by atoms with E-state index in [4.69, 9.17) is 17.4 Å². The number of nitrogens with one attached hydrogen (secondary N) is 1. The number of benzene rings is 1. The third-order valence-electron chi connectivity index (χ3n) is 2.56. The van der Waals surface area contributed by atoms with Gasteiger partial charge in [0.1, 0.15) is 0 Å². The first-order valence-corrected chi connectivity index (χ1v) is 6.48. The maximum Gasteiger partial charge on any atom is 0.0893 e. The number of nitrogens with two attached hydrogens (primary N) is 1. The molecule has 6 heteroatoms. The molecule has 1 atom stereocenters. The molecule has 0 aliphatic heterocycles. The summed E-state index contributed by atoms with van der Waals surface area (Å²) in [6.45, 7) is 0. The van der Waals surface area contributed by atoms with Gasteiger partial charge >= 0.3 is 0 Å². The number of rotatable bonds is 3. The normalized spacial score (nSPS) is 12.7. The second-order valence-electron chi connectivity index (χ2n) is 3.66. The van der Waals surface area contributed by atoms with Crippen molar-refractivity contribution >= 4 is 34.2 Å². The van der Waals surface area contributed by atoms with E-state index in [-0.39, 0.29) is 6.04 Å². The Balaban J connectivity index is 2.47. The van der Waals surface area contributed by atoms with Crippen molar-refractivity contribution in [3.63, 3.8) is 0 Å². The van der Waals surface area contributed by atoms with E-state index in [0.717, 1.165) is 14.8 Å². The molecule has 1 heterocycles. The Kier molecular flexibility index (Phi) is 4.03. The lowest BCUT2D eigenvalue weighted by Gasteiger charge is -2.17. The summed E-state index contributed by atoms with van der Waals surface area (Å²) < 4.78 is 2.88. The predicted octanol–water partition coefficient (Wildman–Crippen LogP) is 2.23. The Morgan fingerprint density at radius 3 is 2.82 bits per heavy atom. The summed E-state index contributed by atoms with van der Waals surface area (Å²) in [6.07, 6.45) is 1.62. The maximum absolute atomic E-state index is 6.13. The van der Waals surface area contributed by atoms with E-state index < -0.39 is 0 Å². The van der Waals surface area contributed by atoms with E-state index in [1.807, 2.05) is 25.2 Å². The van der Waals surface area contributed by atoms with Crippen molar-refractivity contribution in [2.45, 2.75) is 6.04 Å². The Hall–Kier alpha value is -0.630. The second-order valence-corrected chi connectivity index (χ2v) is 5.31. The van der Waals surface area contributed by atoms with Gasteiger partial charge in [-0.15, -0.1) is 0 Å². The van der Waals surface area contributed by atoms with E-state index in [2.05, 4.69) is 39.2 Å². The van der Waals surface area contributed by atoms with E-state index in [0.29, 0.717) is 5.02 Å². The Bertz CT molecular complexity index is 506. The van der Waals surface area contributed by atoms with Crippen LogP contribution in [0.2, 0.25) is 5.02 Å². The van der Waals surface area contributed by atoms with Crippen molar-refractivity contribution in [1.29, 1.82) is 0 Å². The minimum absolute atomic E-state index is 0.162. The first kappa shape index (κ1) is 12.8. The highest BCUT2D eigenvalue weighted by Gasteiger charge is 2.19. The fourth-order valence-electron chi connectivity index (χ4n) is 1.76. The highest BCUT2D eigenvalue weighted by Crippen LogP contribution is 2.27. The molecule has 0 bridgehead atoms. The number of hydrazine groups is 1. The van der Waals surface area contributed by atoms with Gasteiger partial charge in [0.2, 0.25) is 0 Å². The van der Waals surface area contributed by atoms with Crippen molar-refractivity contribution in [2.24, 2.45) is 12.9 Å². The molecule has 4 nitrogen and oxygen atoms in total. The smallest absolute Gasteiger partial charge is 0.0893 e. The summed E-state index contributed by atoms with van der Waals surface area (Å²) >= 11 is 8.39. The fourth-order valence-corrected chi connectivity index (χ4v) is 2.61. The highest BCUT2D eigenvalue weighted by atomic mass is 127. The van der Waals surface area contributed by atoms with Gasteiger partial charge in [-0.1, -0.05) is 23.7 Å². The summed E-state index contributed by atoms with van der Waals surface area (Å²) in [6, 6.07) is 7.93. The number of nitrogens with zero attached hydrogens (tertiary/aromatic N) is 2. The molecule has 1 unspecified atom stereocenters. The average molecular weight is 363 g/mol. The molecule has 2 aromatic rings. The largest absolute Gasteiger partial charge is 0.271 e. The van der Waals surface area contributed by atoms with Crippen LogP contribution in [0.25, 0.3) is 0 Å². The Morgan fingerprint density at radius 2 is 2.29 bits per heavy atom. The molecule has 90 valence electrons. The molecular weight excluding hydrogens is 351 g/mol. The summed E-state index contributed by atoms with van der Waals surface area (Å²) in [4.78, 5) is 0. The standard InChI is InChI=1S/C11H12ClIN4/c1-17-11(9(12)6-15-17)10(16-14)7-3-2-4-8(13)5-7/h2-6,10,16H,14H2,1H3. The van der Waals surface area contributed by atoms with E-state index in [1.165, 1.54) is 0 Å². The highest BCUT2D eigenvalue weighted by molar-refractivity contribution is 14.1. The molecule has 0 saturated heterocycles. The van der Waals surface area contributed by atoms with Crippen molar-refractivity contribution in [3.05, 3.63) is 50.3 Å². The maximum atomic E-state index is 6.13. The summed E-state index contributed by atoms with van der Waals surface area (Å²) in [7, 11) is 1.85. The van der Waals surface area contributed by atoms with Crippen molar-refractivity contribution in [3.8, 4) is 0 Å². The molecule has 0 aliphatic rings. The van der Waals surface area contributed by atoms with Crippen LogP contribution in [0.4, 0.5) is 0 Å². The molecule has 0 fully saturated rings. The third-order valence-corrected chi connectivity index (χ3v) is 3.52. The van der Waals surface area contributed by atoms with Crippen LogP contribution in [0.1, 0.15) is 17.3 Å². The zero-order valence-electron chi connectivity index (χ0n) is 9.19. The first-order chi connectivity index (χ1) is 8.13. The van der Waals surface area contributed by atoms with Gasteiger partial charge in [-0.05, 0) is 40.3 Å². The van der Waals surface area contributed by atoms with Crippen LogP contribution in [0.15, 0.2) is 30.5 Å². The van der Waals surface area contributed by atoms with Gasteiger partial charge in [-0.2, -0.15) is 5.10 Å². The van der Waals surface area contributed by atoms with Gasteiger partial charge in [0.15, 0.2) is 0 Å². The summed E-state index contributed by atoms with van der Waals surface area (Å²) in [5.74, 6) is 5.63. The van der Waals surface area contributed by atoms with Gasteiger partial charge in [0.25, 0.3) is 0 Å². The van der Waals surface area contributed by atoms with Gasteiger partial charge in [-0.3, -0.25) is 10.5 Å². The molecule has 2 rings (SSSR count). The minimum Gasteiger partial charge on any atom is -0.271 e. The lowest BCUT2D eigenvalue weighted by atomic mass is 10.0. The molecule has 3 N–H and O–H groups in total. The first-order valence-electron chi connectivity index (χ1n) is 5.02. The minimum atomic E-state index is -0.162. The van der Waals surface area contributed by atoms with Gasteiger partial charge in [0.05, 0.1) is 23.0 Å². The topological polar surface area (TPSA) is 55.9 Å². The van der Waals surface area contributed by atoms with Crippen molar-refractivity contribution in [1.82, 2.24) is 15.2 Å². The molecule has 0 radical (unpaired) electrons. The van der Waals surface area contributed by atoms with Crippen LogP contribution in [0.5, 0.6) is 0 Å². The molecule has 0 amide bonds. The van der Waals surface area contributed by atoms with Crippen molar-refractivity contribution < 1.29 is 0 Å². The van der Waals surface area contributed by atoms with Crippen molar-refractivity contribution in [2.75, 3.05) is 0 Å². The lowest BCUT2D eigenvalue weighted by molar-refractivity contribution is 0.575. The molecular formula is C11H12ClIN4. The summed E-state index contributed by atoms with van der Waals surface area (Å²) in [5, 5.41) is 4.73. The molecule has 0 spiro atoms. The molecule has 0 saturated carbocycles. The lowest BCUT2D eigenvalue weighted by Crippen LogP contribution is -2.30. The van der Waals surface area contributed by atoms with Gasteiger partial charge < -0.3 is 0 Å². The number of halogens is 2. The Labute approximate surface area is 118 Å². The van der Waals surface area contributed by atoms with Crippen LogP contribution in [0, 0.1) is 3.57 Å². The SMILES string of the molecule is Cn1ncc(Cl)c1C(NN)c1cccc(I)c1. The van der Waals surface area contributed by atoms with Crippen LogP contribution in [0.3, 0.4) is 0 Å². The third kappa shape index (κ3) is 2.62. The molecule has 17 heavy (non-hydrogen) atoms. The Morgan fingerprint density at radius 1 is 1.53 bits per heavy atom. The molecule has 0 aliphatic carbocycles. The number of aromatic nitrogens is 2. The van der Waals surface area contributed by atoms with E-state index in [1.54, 1.807) is 10.9 Å². The monoisotopic (exact) mass is 362 g/mol. The number of hydrogen-bond donors (Lipinski definition) is 2. The number of aryl methyl sites for hydroxylation is 1. The summed E-state index contributed by atoms with van der Waals surface area (Å²) in [5.41, 5.74) is 4.70. The van der Waals surface area contributed by atoms with Crippen LogP contribution >= 0.6 is 34.2 Å². The van der Waals surface area contributed by atoms with E-state index >= 15 is 0 Å². The van der Waals surface area contributed by atoms with Gasteiger partial charge in [0, 0.05) is 10.6 Å². The quantitative estimate of drug-likeness (QED) is 0.500. The van der Waals surface area contributed by atoms with Crippen LogP contribution in [-0.4, -0.2) is 9.78 Å².